The third kappa shape index (κ3) is 2.76. The van der Waals surface area contributed by atoms with E-state index >= 15 is 0 Å². The van der Waals surface area contributed by atoms with Crippen LogP contribution in [0.4, 0.5) is 0 Å². The molecule has 1 amide bonds. The first-order valence-corrected chi connectivity index (χ1v) is 7.59. The van der Waals surface area contributed by atoms with E-state index in [2.05, 4.69) is 26.4 Å². The van der Waals surface area contributed by atoms with Crippen molar-refractivity contribution in [3.63, 3.8) is 0 Å². The van der Waals surface area contributed by atoms with Crippen molar-refractivity contribution in [2.45, 2.75) is 26.3 Å². The van der Waals surface area contributed by atoms with Crippen LogP contribution in [0.25, 0.3) is 0 Å². The van der Waals surface area contributed by atoms with Gasteiger partial charge in [0.15, 0.2) is 5.84 Å². The molecule has 1 fully saturated rings. The number of carbonyl (C=O) groups is 1. The number of nitrogens with one attached hydrogen (secondary N) is 1. The molecule has 104 valence electrons. The Balaban J connectivity index is 2.01. The molecule has 0 bridgehead atoms. The lowest BCUT2D eigenvalue weighted by Crippen LogP contribution is -2.56. The van der Waals surface area contributed by atoms with E-state index in [4.69, 9.17) is 10.9 Å². The summed E-state index contributed by atoms with van der Waals surface area (Å²) in [5.74, 6) is 0.266. The number of halogens is 1. The zero-order valence-corrected chi connectivity index (χ0v) is 12.9. The highest BCUT2D eigenvalue weighted by molar-refractivity contribution is 9.11. The summed E-state index contributed by atoms with van der Waals surface area (Å²) >= 11 is 4.95. The van der Waals surface area contributed by atoms with E-state index in [1.54, 1.807) is 11.3 Å². The van der Waals surface area contributed by atoms with Gasteiger partial charge in [-0.2, -0.15) is 0 Å². The number of carbonyl (C=O) groups excluding carboxylic acids is 1. The zero-order chi connectivity index (χ0) is 14.0. The van der Waals surface area contributed by atoms with E-state index in [1.165, 1.54) is 0 Å². The first-order valence-electron chi connectivity index (χ1n) is 5.98. The van der Waals surface area contributed by atoms with Gasteiger partial charge in [-0.25, -0.2) is 0 Å². The molecular weight excluding hydrogens is 330 g/mol. The molecule has 7 heteroatoms. The number of oxime groups is 1. The Morgan fingerprint density at radius 3 is 2.84 bits per heavy atom. The van der Waals surface area contributed by atoms with Crippen molar-refractivity contribution in [2.75, 3.05) is 0 Å². The van der Waals surface area contributed by atoms with Gasteiger partial charge in [0.2, 0.25) is 5.91 Å². The number of hydrogen-bond donors (Lipinski definition) is 3. The number of nitrogens with zero attached hydrogens (tertiary/aromatic N) is 1. The third-order valence-electron chi connectivity index (χ3n) is 3.48. The van der Waals surface area contributed by atoms with E-state index < -0.39 is 5.41 Å². The van der Waals surface area contributed by atoms with Gasteiger partial charge in [-0.15, -0.1) is 11.3 Å². The highest BCUT2D eigenvalue weighted by Gasteiger charge is 2.52. The fraction of sp³-hybridized carbons (Fsp3) is 0.500. The summed E-state index contributed by atoms with van der Waals surface area (Å²) in [5, 5.41) is 14.7. The molecule has 4 N–H and O–H groups in total. The minimum Gasteiger partial charge on any atom is -0.409 e. The summed E-state index contributed by atoms with van der Waals surface area (Å²) in [5.41, 5.74) is 4.85. The van der Waals surface area contributed by atoms with Crippen molar-refractivity contribution in [3.05, 3.63) is 20.8 Å². The van der Waals surface area contributed by atoms with Gasteiger partial charge >= 0.3 is 0 Å². The van der Waals surface area contributed by atoms with Crippen molar-refractivity contribution < 1.29 is 10.0 Å². The second-order valence-corrected chi connectivity index (χ2v) is 7.52. The Hall–Kier alpha value is -1.08. The average molecular weight is 346 g/mol. The molecule has 1 aliphatic carbocycles. The monoisotopic (exact) mass is 345 g/mol. The van der Waals surface area contributed by atoms with Gasteiger partial charge in [0.1, 0.15) is 5.41 Å². The third-order valence-corrected chi connectivity index (χ3v) is 5.10. The predicted molar refractivity (Wildman–Crippen MR) is 78.1 cm³/mol. The molecule has 0 radical (unpaired) electrons. The van der Waals surface area contributed by atoms with Crippen LogP contribution in [0.15, 0.2) is 21.1 Å². The maximum absolute atomic E-state index is 12.3. The first kappa shape index (κ1) is 14.3. The van der Waals surface area contributed by atoms with Crippen molar-refractivity contribution in [3.8, 4) is 0 Å². The van der Waals surface area contributed by atoms with Crippen LogP contribution in [0.1, 0.15) is 24.6 Å². The largest absolute Gasteiger partial charge is 0.409 e. The Bertz CT molecular complexity index is 509. The summed E-state index contributed by atoms with van der Waals surface area (Å²) < 4.78 is 1.03. The van der Waals surface area contributed by atoms with E-state index in [9.17, 15) is 4.79 Å². The van der Waals surface area contributed by atoms with Crippen LogP contribution in [0.3, 0.4) is 0 Å². The number of nitrogens with two attached hydrogens (primary N) is 1. The van der Waals surface area contributed by atoms with Crippen molar-refractivity contribution >= 4 is 39.0 Å². The molecule has 1 aliphatic rings. The van der Waals surface area contributed by atoms with Crippen LogP contribution in [0.5, 0.6) is 0 Å². The Morgan fingerprint density at radius 2 is 2.37 bits per heavy atom. The number of hydrogen-bond acceptors (Lipinski definition) is 4. The maximum atomic E-state index is 12.3. The molecule has 19 heavy (non-hydrogen) atoms. The van der Waals surface area contributed by atoms with Gasteiger partial charge in [0.05, 0.1) is 10.3 Å². The summed E-state index contributed by atoms with van der Waals surface area (Å²) in [4.78, 5) is 13.3. The lowest BCUT2D eigenvalue weighted by atomic mass is 9.61. The molecule has 0 aliphatic heterocycles. The SMILES string of the molecule is CC1CC(C(=O)NCc2ccc(Br)s2)(/C(N)=N/O)C1. The smallest absolute Gasteiger partial charge is 0.234 e. The van der Waals surface area contributed by atoms with Gasteiger partial charge in [0, 0.05) is 4.88 Å². The molecule has 0 atom stereocenters. The Labute approximate surface area is 124 Å². The van der Waals surface area contributed by atoms with Crippen LogP contribution >= 0.6 is 27.3 Å². The molecule has 1 aromatic rings. The summed E-state index contributed by atoms with van der Waals surface area (Å²) in [6.45, 7) is 2.51. The summed E-state index contributed by atoms with van der Waals surface area (Å²) in [6.07, 6.45) is 1.26. The van der Waals surface area contributed by atoms with Crippen LogP contribution in [-0.4, -0.2) is 17.0 Å². The van der Waals surface area contributed by atoms with Gasteiger partial charge < -0.3 is 16.3 Å². The molecule has 0 unspecified atom stereocenters. The Morgan fingerprint density at radius 1 is 1.68 bits per heavy atom. The number of rotatable bonds is 4. The number of thiophene rings is 1. The first-order chi connectivity index (χ1) is 8.98. The van der Waals surface area contributed by atoms with Crippen LogP contribution in [0, 0.1) is 11.3 Å². The van der Waals surface area contributed by atoms with Gasteiger partial charge in [0.25, 0.3) is 0 Å². The predicted octanol–water partition coefficient (Wildman–Crippen LogP) is 2.29. The van der Waals surface area contributed by atoms with Crippen molar-refractivity contribution in [1.82, 2.24) is 5.32 Å². The van der Waals surface area contributed by atoms with Crippen LogP contribution in [0.2, 0.25) is 0 Å². The molecule has 2 rings (SSSR count). The molecule has 1 aromatic heterocycles. The highest BCUT2D eigenvalue weighted by atomic mass is 79.9. The summed E-state index contributed by atoms with van der Waals surface area (Å²) in [6, 6.07) is 3.89. The normalized spacial score (nSPS) is 26.8. The Kier molecular flexibility index (Phi) is 4.15. The number of amidine groups is 1. The molecule has 0 spiro atoms. The molecule has 0 saturated heterocycles. The van der Waals surface area contributed by atoms with Crippen LogP contribution in [-0.2, 0) is 11.3 Å². The van der Waals surface area contributed by atoms with Gasteiger partial charge in [-0.3, -0.25) is 4.79 Å². The average Bonchev–Trinajstić information content (AvgIpc) is 2.76. The lowest BCUT2D eigenvalue weighted by molar-refractivity contribution is -0.133. The molecule has 1 heterocycles. The summed E-state index contributed by atoms with van der Waals surface area (Å²) in [7, 11) is 0. The maximum Gasteiger partial charge on any atom is 0.234 e. The molecule has 0 aromatic carbocycles. The second-order valence-electron chi connectivity index (χ2n) is 4.97. The molecule has 5 nitrogen and oxygen atoms in total. The lowest BCUT2D eigenvalue weighted by Gasteiger charge is -2.43. The zero-order valence-electron chi connectivity index (χ0n) is 10.5. The number of amides is 1. The highest BCUT2D eigenvalue weighted by Crippen LogP contribution is 2.45. The molecular formula is C12H16BrN3O2S. The minimum absolute atomic E-state index is 0.00969. The van der Waals surface area contributed by atoms with E-state index in [0.29, 0.717) is 25.3 Å². The van der Waals surface area contributed by atoms with Crippen molar-refractivity contribution in [1.29, 1.82) is 0 Å². The topological polar surface area (TPSA) is 87.7 Å². The van der Waals surface area contributed by atoms with E-state index in [0.717, 1.165) is 8.66 Å². The van der Waals surface area contributed by atoms with E-state index in [-0.39, 0.29) is 11.7 Å². The van der Waals surface area contributed by atoms with E-state index in [1.807, 2.05) is 19.1 Å². The fourth-order valence-corrected chi connectivity index (χ4v) is 3.94. The standard InChI is InChI=1S/C12H16BrN3O2S/c1-7-4-12(5-7,10(14)16-18)11(17)15-6-8-2-3-9(13)19-8/h2-3,7,18H,4-6H2,1H3,(H2,14,16)(H,15,17). The quantitative estimate of drug-likeness (QED) is 0.338. The van der Waals surface area contributed by atoms with Gasteiger partial charge in [-0.1, -0.05) is 12.1 Å². The molecule has 1 saturated carbocycles. The van der Waals surface area contributed by atoms with Crippen LogP contribution < -0.4 is 11.1 Å². The fourth-order valence-electron chi connectivity index (χ4n) is 2.52. The second kappa shape index (κ2) is 5.50. The minimum atomic E-state index is -0.831. The van der Waals surface area contributed by atoms with Gasteiger partial charge in [-0.05, 0) is 46.8 Å². The van der Waals surface area contributed by atoms with Crippen molar-refractivity contribution in [2.24, 2.45) is 22.2 Å².